The van der Waals surface area contributed by atoms with Gasteiger partial charge in [-0.05, 0) is 30.5 Å². The van der Waals surface area contributed by atoms with Crippen LogP contribution in [-0.2, 0) is 0 Å². The van der Waals surface area contributed by atoms with Crippen LogP contribution in [-0.4, -0.2) is 30.0 Å². The summed E-state index contributed by atoms with van der Waals surface area (Å²) in [6.45, 7) is 1.89. The number of benzene rings is 1. The van der Waals surface area contributed by atoms with E-state index in [0.29, 0.717) is 0 Å². The quantitative estimate of drug-likeness (QED) is 0.446. The highest BCUT2D eigenvalue weighted by molar-refractivity contribution is 7.10. The third-order valence-electron chi connectivity index (χ3n) is 4.17. The van der Waals surface area contributed by atoms with Gasteiger partial charge in [0.15, 0.2) is 5.75 Å². The van der Waals surface area contributed by atoms with E-state index in [4.69, 9.17) is 0 Å². The van der Waals surface area contributed by atoms with E-state index in [1.165, 1.54) is 17.0 Å². The number of phenols is 1. The molecule has 3 aromatic rings. The molecule has 1 heterocycles. The number of carbonyl (C=O) groups is 1. The van der Waals surface area contributed by atoms with Crippen molar-refractivity contribution in [3.63, 3.8) is 0 Å². The minimum atomic E-state index is -0.667. The lowest BCUT2D eigenvalue weighted by molar-refractivity contribution is 0.0824. The molecule has 1 unspecified atom stereocenters. The molecule has 3 rings (SSSR count). The number of carbonyl (C=O) groups excluding carboxylic acids is 1. The largest absolute Gasteiger partial charge is 0.505 e. The highest BCUT2D eigenvalue weighted by atomic mass is 32.1. The summed E-state index contributed by atoms with van der Waals surface area (Å²) in [6, 6.07) is 8.30. The Morgan fingerprint density at radius 3 is 2.44 bits per heavy atom. The van der Waals surface area contributed by atoms with Crippen molar-refractivity contribution in [2.75, 3.05) is 24.7 Å². The molecule has 0 saturated carbocycles. The van der Waals surface area contributed by atoms with Crippen molar-refractivity contribution >= 4 is 34.3 Å². The van der Waals surface area contributed by atoms with Crippen LogP contribution < -0.4 is 21.5 Å². The minimum Gasteiger partial charge on any atom is -0.505 e. The van der Waals surface area contributed by atoms with E-state index in [-0.39, 0.29) is 40.3 Å². The number of aromatic hydroxyl groups is 1. The molecule has 27 heavy (non-hydrogen) atoms. The Bertz CT molecular complexity index is 1050. The number of nitrogens with zero attached hydrogens (tertiary/aromatic N) is 1. The Morgan fingerprint density at radius 1 is 1.11 bits per heavy atom. The van der Waals surface area contributed by atoms with Gasteiger partial charge in [-0.3, -0.25) is 14.4 Å². The van der Waals surface area contributed by atoms with Gasteiger partial charge in [-0.1, -0.05) is 12.1 Å². The smallest absolute Gasteiger partial charge is 0.257 e. The van der Waals surface area contributed by atoms with E-state index in [9.17, 15) is 19.5 Å². The lowest BCUT2D eigenvalue weighted by Gasteiger charge is -2.20. The molecule has 1 atom stereocenters. The predicted octanol–water partition coefficient (Wildman–Crippen LogP) is 2.67. The van der Waals surface area contributed by atoms with Gasteiger partial charge in [-0.25, -0.2) is 0 Å². The molecular weight excluding hydrogens is 366 g/mol. The van der Waals surface area contributed by atoms with Gasteiger partial charge in [0.2, 0.25) is 0 Å². The number of rotatable bonds is 6. The number of thiophene rings is 1. The summed E-state index contributed by atoms with van der Waals surface area (Å²) in [5.41, 5.74) is -0.745. The number of amides is 1. The average molecular weight is 385 g/mol. The van der Waals surface area contributed by atoms with Crippen LogP contribution in [0, 0.1) is 0 Å². The first kappa shape index (κ1) is 18.7. The maximum atomic E-state index is 12.1. The van der Waals surface area contributed by atoms with Gasteiger partial charge in [0, 0.05) is 19.0 Å². The predicted molar refractivity (Wildman–Crippen MR) is 107 cm³/mol. The molecule has 0 aliphatic carbocycles. The molecule has 8 heteroatoms. The van der Waals surface area contributed by atoms with Crippen molar-refractivity contribution in [1.29, 1.82) is 0 Å². The van der Waals surface area contributed by atoms with Gasteiger partial charge >= 0.3 is 0 Å². The first-order valence-electron chi connectivity index (χ1n) is 8.25. The van der Waals surface area contributed by atoms with E-state index < -0.39 is 10.9 Å². The highest BCUT2D eigenvalue weighted by Gasteiger charge is 2.25. The topological polar surface area (TPSA) is 98.7 Å². The molecule has 0 bridgehead atoms. The van der Waals surface area contributed by atoms with Crippen molar-refractivity contribution in [1.82, 2.24) is 4.90 Å². The summed E-state index contributed by atoms with van der Waals surface area (Å²) in [6.07, 6.45) is 0. The minimum absolute atomic E-state index is 0.0770. The maximum Gasteiger partial charge on any atom is 0.257 e. The van der Waals surface area contributed by atoms with Gasteiger partial charge in [-0.15, -0.1) is 11.3 Å². The molecule has 3 N–H and O–H groups in total. The van der Waals surface area contributed by atoms with Gasteiger partial charge in [-0.2, -0.15) is 0 Å². The lowest BCUT2D eigenvalue weighted by Crippen LogP contribution is -2.37. The zero-order chi connectivity index (χ0) is 19.7. The molecular formula is C19H19N3O4S. The average Bonchev–Trinajstić information content (AvgIpc) is 3.19. The monoisotopic (exact) mass is 385 g/mol. The molecule has 0 spiro atoms. The van der Waals surface area contributed by atoms with E-state index in [0.717, 1.165) is 4.88 Å². The summed E-state index contributed by atoms with van der Waals surface area (Å²) in [4.78, 5) is 38.5. The standard InChI is InChI=1S/C19H19N3O4S/c1-10(13-8-5-9-27-13)20-14-15(18(25)17(14)24)21-12-7-4-6-11(16(12)23)19(26)22(2)3/h4-10,20-21,23H,1-3H3. The fraction of sp³-hybridized carbons (Fsp3) is 0.211. The van der Waals surface area contributed by atoms with Crippen molar-refractivity contribution in [2.45, 2.75) is 13.0 Å². The summed E-state index contributed by atoms with van der Waals surface area (Å²) < 4.78 is 0. The van der Waals surface area contributed by atoms with E-state index >= 15 is 0 Å². The van der Waals surface area contributed by atoms with Gasteiger partial charge in [0.25, 0.3) is 16.8 Å². The molecule has 0 aliphatic heterocycles. The Balaban J connectivity index is 1.89. The number of phenolic OH excluding ortho intramolecular Hbond substituents is 1. The number of hydrogen-bond donors (Lipinski definition) is 3. The SMILES string of the molecule is CC(Nc1c(Nc2cccc(C(=O)N(C)C)c2O)c(=O)c1=O)c1cccs1. The molecule has 0 radical (unpaired) electrons. The van der Waals surface area contributed by atoms with Crippen LogP contribution in [0.5, 0.6) is 5.75 Å². The van der Waals surface area contributed by atoms with Crippen LogP contribution in [0.2, 0.25) is 0 Å². The fourth-order valence-corrected chi connectivity index (χ4v) is 3.40. The zero-order valence-corrected chi connectivity index (χ0v) is 15.9. The van der Waals surface area contributed by atoms with Crippen molar-refractivity contribution in [3.8, 4) is 5.75 Å². The van der Waals surface area contributed by atoms with E-state index in [2.05, 4.69) is 10.6 Å². The third kappa shape index (κ3) is 3.43. The Kier molecular flexibility index (Phi) is 5.00. The molecule has 0 fully saturated rings. The van der Waals surface area contributed by atoms with Crippen LogP contribution in [0.15, 0.2) is 45.3 Å². The Hall–Kier alpha value is -3.13. The van der Waals surface area contributed by atoms with Gasteiger partial charge in [0.05, 0.1) is 17.3 Å². The van der Waals surface area contributed by atoms with Gasteiger partial charge < -0.3 is 20.6 Å². The number of hydrogen-bond acceptors (Lipinski definition) is 7. The Labute approximate surface area is 159 Å². The van der Waals surface area contributed by atoms with Crippen LogP contribution in [0.3, 0.4) is 0 Å². The Morgan fingerprint density at radius 2 is 1.81 bits per heavy atom. The lowest BCUT2D eigenvalue weighted by atomic mass is 10.1. The second-order valence-electron chi connectivity index (χ2n) is 6.32. The zero-order valence-electron chi connectivity index (χ0n) is 15.1. The second kappa shape index (κ2) is 7.24. The van der Waals surface area contributed by atoms with Crippen molar-refractivity contribution < 1.29 is 9.90 Å². The molecule has 0 saturated heterocycles. The molecule has 7 nitrogen and oxygen atoms in total. The third-order valence-corrected chi connectivity index (χ3v) is 5.23. The first-order valence-corrected chi connectivity index (χ1v) is 9.13. The van der Waals surface area contributed by atoms with E-state index in [1.54, 1.807) is 31.5 Å². The first-order chi connectivity index (χ1) is 12.8. The van der Waals surface area contributed by atoms with Crippen LogP contribution in [0.25, 0.3) is 0 Å². The second-order valence-corrected chi connectivity index (χ2v) is 7.30. The van der Waals surface area contributed by atoms with Crippen LogP contribution in [0.4, 0.5) is 17.1 Å². The highest BCUT2D eigenvalue weighted by Crippen LogP contribution is 2.33. The molecule has 1 amide bonds. The normalized spacial score (nSPS) is 12.0. The molecule has 1 aromatic heterocycles. The summed E-state index contributed by atoms with van der Waals surface area (Å²) in [7, 11) is 3.15. The number of nitrogens with one attached hydrogen (secondary N) is 2. The van der Waals surface area contributed by atoms with Crippen molar-refractivity contribution in [3.05, 3.63) is 66.6 Å². The summed E-state index contributed by atoms with van der Waals surface area (Å²) in [5, 5.41) is 18.2. The number of anilines is 3. The van der Waals surface area contributed by atoms with Crippen molar-refractivity contribution in [2.24, 2.45) is 0 Å². The molecule has 0 aliphatic rings. The van der Waals surface area contributed by atoms with E-state index in [1.807, 2.05) is 24.4 Å². The summed E-state index contributed by atoms with van der Waals surface area (Å²) >= 11 is 1.54. The number of para-hydroxylation sites is 1. The van der Waals surface area contributed by atoms with Gasteiger partial charge in [0.1, 0.15) is 11.4 Å². The molecule has 140 valence electrons. The summed E-state index contributed by atoms with van der Waals surface area (Å²) in [5.74, 6) is -0.646. The molecule has 2 aromatic carbocycles. The van der Waals surface area contributed by atoms with Crippen LogP contribution in [0.1, 0.15) is 28.2 Å². The fourth-order valence-electron chi connectivity index (χ4n) is 2.67. The van der Waals surface area contributed by atoms with Crippen LogP contribution >= 0.6 is 11.3 Å². The maximum absolute atomic E-state index is 12.1.